The van der Waals surface area contributed by atoms with Crippen LogP contribution in [0.15, 0.2) is 27.4 Å². The second-order valence-corrected chi connectivity index (χ2v) is 4.64. The Morgan fingerprint density at radius 1 is 1.24 bits per heavy atom. The second-order valence-electron chi connectivity index (χ2n) is 4.64. The van der Waals surface area contributed by atoms with Crippen molar-refractivity contribution in [3.8, 4) is 17.2 Å². The molecule has 1 aromatic carbocycles. The summed E-state index contributed by atoms with van der Waals surface area (Å²) in [6, 6.07) is 5.09. The number of ether oxygens (including phenoxy) is 3. The summed E-state index contributed by atoms with van der Waals surface area (Å²) in [5.41, 5.74) is -0.547. The molecule has 112 valence electrons. The summed E-state index contributed by atoms with van der Waals surface area (Å²) in [6.45, 7) is 4.81. The van der Waals surface area contributed by atoms with Gasteiger partial charge in [0.25, 0.3) is 5.75 Å². The van der Waals surface area contributed by atoms with Crippen LogP contribution in [0.1, 0.15) is 20.8 Å². The molecule has 2 rings (SSSR count). The Hall–Kier alpha value is -2.50. The Labute approximate surface area is 121 Å². The van der Waals surface area contributed by atoms with Crippen LogP contribution in [0.4, 0.5) is 0 Å². The van der Waals surface area contributed by atoms with Gasteiger partial charge in [0.2, 0.25) is 0 Å². The molecule has 0 fully saturated rings. The van der Waals surface area contributed by atoms with Crippen LogP contribution in [0.5, 0.6) is 17.2 Å². The maximum Gasteiger partial charge on any atom is 0.383 e. The fourth-order valence-electron chi connectivity index (χ4n) is 1.90. The minimum atomic E-state index is -0.794. The topological polar surface area (TPSA) is 75.0 Å². The summed E-state index contributed by atoms with van der Waals surface area (Å²) in [7, 11) is 1.47. The molecule has 6 heteroatoms. The summed E-state index contributed by atoms with van der Waals surface area (Å²) >= 11 is 0. The van der Waals surface area contributed by atoms with Crippen LogP contribution in [0.3, 0.4) is 0 Å². The molecule has 0 amide bonds. The molecular weight excluding hydrogens is 276 g/mol. The number of fused-ring (bicyclic) bond motifs is 1. The highest BCUT2D eigenvalue weighted by molar-refractivity contribution is 5.90. The summed E-state index contributed by atoms with van der Waals surface area (Å²) in [5.74, 6) is -0.312. The first-order chi connectivity index (χ1) is 9.93. The third-order valence-electron chi connectivity index (χ3n) is 2.63. The number of methoxy groups -OCH3 is 1. The maximum atomic E-state index is 12.1. The van der Waals surface area contributed by atoms with Crippen molar-refractivity contribution in [1.82, 2.24) is 0 Å². The highest BCUT2D eigenvalue weighted by Crippen LogP contribution is 2.37. The zero-order chi connectivity index (χ0) is 15.6. The SMILES string of the molecule is COc1cccc2c(OC(C)C)c(OC(C)=O)c(=O)oc12. The van der Waals surface area contributed by atoms with Gasteiger partial charge in [0, 0.05) is 6.92 Å². The summed E-state index contributed by atoms with van der Waals surface area (Å²) in [4.78, 5) is 23.2. The molecule has 1 heterocycles. The van der Waals surface area contributed by atoms with Gasteiger partial charge in [0.05, 0.1) is 18.6 Å². The van der Waals surface area contributed by atoms with Gasteiger partial charge in [-0.05, 0) is 26.0 Å². The van der Waals surface area contributed by atoms with Gasteiger partial charge in [-0.3, -0.25) is 4.79 Å². The van der Waals surface area contributed by atoms with Crippen molar-refractivity contribution < 1.29 is 23.4 Å². The predicted molar refractivity (Wildman–Crippen MR) is 76.1 cm³/mol. The molecule has 0 aliphatic carbocycles. The molecule has 6 nitrogen and oxygen atoms in total. The lowest BCUT2D eigenvalue weighted by atomic mass is 10.2. The fourth-order valence-corrected chi connectivity index (χ4v) is 1.90. The van der Waals surface area contributed by atoms with E-state index in [1.54, 1.807) is 32.0 Å². The summed E-state index contributed by atoms with van der Waals surface area (Å²) in [6.07, 6.45) is -0.212. The molecule has 21 heavy (non-hydrogen) atoms. The van der Waals surface area contributed by atoms with Crippen molar-refractivity contribution in [2.45, 2.75) is 26.9 Å². The Morgan fingerprint density at radius 3 is 2.52 bits per heavy atom. The second kappa shape index (κ2) is 5.87. The molecule has 0 spiro atoms. The average Bonchev–Trinajstić information content (AvgIpc) is 2.41. The lowest BCUT2D eigenvalue weighted by Gasteiger charge is -2.15. The molecule has 0 saturated heterocycles. The van der Waals surface area contributed by atoms with Crippen LogP contribution < -0.4 is 19.8 Å². The van der Waals surface area contributed by atoms with E-state index < -0.39 is 11.6 Å². The van der Waals surface area contributed by atoms with Gasteiger partial charge in [-0.1, -0.05) is 6.07 Å². The highest BCUT2D eigenvalue weighted by atomic mass is 16.6. The lowest BCUT2D eigenvalue weighted by molar-refractivity contribution is -0.132. The van der Waals surface area contributed by atoms with Crippen molar-refractivity contribution in [3.05, 3.63) is 28.6 Å². The van der Waals surface area contributed by atoms with Gasteiger partial charge in [-0.25, -0.2) is 4.79 Å². The summed E-state index contributed by atoms with van der Waals surface area (Å²) < 4.78 is 21.0. The number of hydrogen-bond donors (Lipinski definition) is 0. The van der Waals surface area contributed by atoms with Gasteiger partial charge in [-0.2, -0.15) is 0 Å². The molecule has 0 unspecified atom stereocenters. The minimum Gasteiger partial charge on any atom is -0.493 e. The van der Waals surface area contributed by atoms with Crippen molar-refractivity contribution in [2.75, 3.05) is 7.11 Å². The zero-order valence-electron chi connectivity index (χ0n) is 12.3. The van der Waals surface area contributed by atoms with Crippen LogP contribution >= 0.6 is 0 Å². The monoisotopic (exact) mass is 292 g/mol. The van der Waals surface area contributed by atoms with Crippen LogP contribution in [0, 0.1) is 0 Å². The Balaban J connectivity index is 2.80. The van der Waals surface area contributed by atoms with E-state index in [9.17, 15) is 9.59 Å². The standard InChI is InChI=1S/C15H16O6/c1-8(2)19-13-10-6-5-7-11(18-4)12(10)21-15(17)14(13)20-9(3)16/h5-8H,1-4H3. The van der Waals surface area contributed by atoms with E-state index in [0.717, 1.165) is 0 Å². The van der Waals surface area contributed by atoms with Gasteiger partial charge in [0.1, 0.15) is 0 Å². The molecule has 0 atom stereocenters. The first-order valence-electron chi connectivity index (χ1n) is 6.43. The maximum absolute atomic E-state index is 12.1. The van der Waals surface area contributed by atoms with Gasteiger partial charge < -0.3 is 18.6 Å². The van der Waals surface area contributed by atoms with Gasteiger partial charge in [-0.15, -0.1) is 0 Å². The van der Waals surface area contributed by atoms with Gasteiger partial charge >= 0.3 is 11.6 Å². The van der Waals surface area contributed by atoms with Crippen LogP contribution in [-0.4, -0.2) is 19.2 Å². The molecular formula is C15H16O6. The van der Waals surface area contributed by atoms with Crippen molar-refractivity contribution in [3.63, 3.8) is 0 Å². The number of rotatable bonds is 4. The molecule has 0 aliphatic heterocycles. The van der Waals surface area contributed by atoms with Crippen molar-refractivity contribution in [2.24, 2.45) is 0 Å². The number of hydrogen-bond acceptors (Lipinski definition) is 6. The third-order valence-corrected chi connectivity index (χ3v) is 2.63. The van der Waals surface area contributed by atoms with E-state index in [4.69, 9.17) is 18.6 Å². The van der Waals surface area contributed by atoms with E-state index in [1.165, 1.54) is 14.0 Å². The lowest BCUT2D eigenvalue weighted by Crippen LogP contribution is -2.16. The molecule has 0 radical (unpaired) electrons. The fraction of sp³-hybridized carbons (Fsp3) is 0.333. The predicted octanol–water partition coefficient (Wildman–Crippen LogP) is 2.51. The number of para-hydroxylation sites is 1. The zero-order valence-corrected chi connectivity index (χ0v) is 12.3. The Morgan fingerprint density at radius 2 is 1.95 bits per heavy atom. The van der Waals surface area contributed by atoms with E-state index in [0.29, 0.717) is 11.1 Å². The molecule has 0 aliphatic rings. The Kier molecular flexibility index (Phi) is 4.16. The number of benzene rings is 1. The molecule has 1 aromatic heterocycles. The van der Waals surface area contributed by atoms with Crippen molar-refractivity contribution in [1.29, 1.82) is 0 Å². The van der Waals surface area contributed by atoms with Crippen LogP contribution in [0.2, 0.25) is 0 Å². The first kappa shape index (κ1) is 14.9. The normalized spacial score (nSPS) is 10.7. The van der Waals surface area contributed by atoms with Crippen molar-refractivity contribution >= 4 is 16.9 Å². The van der Waals surface area contributed by atoms with Gasteiger partial charge in [0.15, 0.2) is 17.1 Å². The molecule has 0 saturated carbocycles. The van der Waals surface area contributed by atoms with E-state index in [-0.39, 0.29) is 23.2 Å². The number of carbonyl (C=O) groups is 1. The largest absolute Gasteiger partial charge is 0.493 e. The first-order valence-corrected chi connectivity index (χ1v) is 6.43. The molecule has 2 aromatic rings. The minimum absolute atomic E-state index is 0.172. The molecule has 0 N–H and O–H groups in total. The third kappa shape index (κ3) is 2.99. The van der Waals surface area contributed by atoms with E-state index in [1.807, 2.05) is 0 Å². The van der Waals surface area contributed by atoms with Crippen LogP contribution in [-0.2, 0) is 4.79 Å². The smallest absolute Gasteiger partial charge is 0.383 e. The number of carbonyl (C=O) groups excluding carboxylic acids is 1. The molecule has 0 bridgehead atoms. The van der Waals surface area contributed by atoms with E-state index in [2.05, 4.69) is 0 Å². The summed E-state index contributed by atoms with van der Waals surface area (Å²) in [5, 5.41) is 0.499. The average molecular weight is 292 g/mol. The number of esters is 1. The highest BCUT2D eigenvalue weighted by Gasteiger charge is 2.22. The van der Waals surface area contributed by atoms with E-state index >= 15 is 0 Å². The van der Waals surface area contributed by atoms with Crippen LogP contribution in [0.25, 0.3) is 11.0 Å². The quantitative estimate of drug-likeness (QED) is 0.636. The Bertz CT molecular complexity index is 729.